The number of primary amides is 1. The predicted octanol–water partition coefficient (Wildman–Crippen LogP) is 2.70. The second-order valence-electron chi connectivity index (χ2n) is 9.43. The summed E-state index contributed by atoms with van der Waals surface area (Å²) >= 11 is 0. The zero-order valence-corrected chi connectivity index (χ0v) is 19.1. The molecule has 1 atom stereocenters. The number of H-pyrrole nitrogens is 1. The number of hydrogen-bond donors (Lipinski definition) is 2. The molecule has 1 aromatic carbocycles. The molecule has 2 aliphatic rings. The maximum Gasteiger partial charge on any atom is 0.225 e. The summed E-state index contributed by atoms with van der Waals surface area (Å²) in [5, 5.41) is 1.20. The molecular formula is C25H36N4O3. The Balaban J connectivity index is 1.28. The quantitative estimate of drug-likeness (QED) is 0.660. The third-order valence-electron chi connectivity index (χ3n) is 7.53. The van der Waals surface area contributed by atoms with Crippen LogP contribution < -0.4 is 5.73 Å². The van der Waals surface area contributed by atoms with Gasteiger partial charge in [-0.15, -0.1) is 0 Å². The van der Waals surface area contributed by atoms with Gasteiger partial charge in [-0.1, -0.05) is 18.2 Å². The van der Waals surface area contributed by atoms with Crippen LogP contribution in [0.1, 0.15) is 44.1 Å². The molecular weight excluding hydrogens is 404 g/mol. The molecule has 7 heteroatoms. The number of benzene rings is 1. The standard InChI is InChI=1S/C25H36N4O3/c1-32-16-12-25(24(26)31)11-4-13-29(18-25)20-9-14-28(15-10-20)23(30)8-7-19-17-27-22-6-3-2-5-21(19)22/h2-3,5-6,17,20,27H,4,7-16,18H2,1H3,(H2,26,31)/t25-/m1/s1. The summed E-state index contributed by atoms with van der Waals surface area (Å²) in [6.07, 6.45) is 7.74. The fourth-order valence-electron chi connectivity index (χ4n) is 5.52. The van der Waals surface area contributed by atoms with E-state index in [1.54, 1.807) is 7.11 Å². The van der Waals surface area contributed by atoms with E-state index in [1.165, 1.54) is 10.9 Å². The van der Waals surface area contributed by atoms with Crippen molar-refractivity contribution < 1.29 is 14.3 Å². The highest BCUT2D eigenvalue weighted by atomic mass is 16.5. The first kappa shape index (κ1) is 22.8. The van der Waals surface area contributed by atoms with Crippen LogP contribution in [0.4, 0.5) is 0 Å². The lowest BCUT2D eigenvalue weighted by atomic mass is 9.76. The van der Waals surface area contributed by atoms with E-state index in [2.05, 4.69) is 22.0 Å². The molecule has 7 nitrogen and oxygen atoms in total. The van der Waals surface area contributed by atoms with E-state index in [1.807, 2.05) is 23.2 Å². The second-order valence-corrected chi connectivity index (χ2v) is 9.43. The number of nitrogens with zero attached hydrogens (tertiary/aromatic N) is 2. The van der Waals surface area contributed by atoms with Gasteiger partial charge in [0, 0.05) is 62.9 Å². The third kappa shape index (κ3) is 4.84. The van der Waals surface area contributed by atoms with Gasteiger partial charge in [0.2, 0.25) is 11.8 Å². The Kier molecular flexibility index (Phi) is 7.16. The number of aromatic nitrogens is 1. The van der Waals surface area contributed by atoms with E-state index in [0.29, 0.717) is 32.0 Å². The first-order valence-corrected chi connectivity index (χ1v) is 11.9. The summed E-state index contributed by atoms with van der Waals surface area (Å²) in [5.74, 6) is 0.0306. The number of para-hydroxylation sites is 1. The van der Waals surface area contributed by atoms with E-state index in [4.69, 9.17) is 10.5 Å². The van der Waals surface area contributed by atoms with Crippen LogP contribution in [-0.2, 0) is 20.7 Å². The summed E-state index contributed by atoms with van der Waals surface area (Å²) in [7, 11) is 1.67. The smallest absolute Gasteiger partial charge is 0.225 e. The first-order valence-electron chi connectivity index (χ1n) is 11.9. The number of carbonyl (C=O) groups is 2. The number of amides is 2. The number of aryl methyl sites for hydroxylation is 1. The number of carbonyl (C=O) groups excluding carboxylic acids is 2. The van der Waals surface area contributed by atoms with E-state index in [9.17, 15) is 9.59 Å². The molecule has 0 bridgehead atoms. The summed E-state index contributed by atoms with van der Waals surface area (Å²) in [6, 6.07) is 8.64. The normalized spacial score (nSPS) is 23.0. The zero-order valence-electron chi connectivity index (χ0n) is 19.1. The first-order chi connectivity index (χ1) is 15.5. The van der Waals surface area contributed by atoms with Crippen LogP contribution in [0, 0.1) is 5.41 Å². The lowest BCUT2D eigenvalue weighted by Gasteiger charge is -2.46. The molecule has 2 amide bonds. The lowest BCUT2D eigenvalue weighted by molar-refractivity contribution is -0.134. The van der Waals surface area contributed by atoms with E-state index < -0.39 is 5.41 Å². The second kappa shape index (κ2) is 10.0. The van der Waals surface area contributed by atoms with Crippen molar-refractivity contribution >= 4 is 22.7 Å². The number of hydrogen-bond acceptors (Lipinski definition) is 4. The number of nitrogens with two attached hydrogens (primary N) is 1. The number of ether oxygens (including phenoxy) is 1. The molecule has 4 rings (SSSR count). The highest BCUT2D eigenvalue weighted by Crippen LogP contribution is 2.35. The molecule has 2 fully saturated rings. The molecule has 2 aromatic rings. The number of fused-ring (bicyclic) bond motifs is 1. The number of rotatable bonds is 8. The van der Waals surface area contributed by atoms with Crippen LogP contribution in [0.2, 0.25) is 0 Å². The lowest BCUT2D eigenvalue weighted by Crippen LogP contribution is -2.56. The minimum Gasteiger partial charge on any atom is -0.385 e. The average molecular weight is 441 g/mol. The van der Waals surface area contributed by atoms with Crippen molar-refractivity contribution in [2.24, 2.45) is 11.1 Å². The Morgan fingerprint density at radius 3 is 2.75 bits per heavy atom. The Morgan fingerprint density at radius 2 is 2.00 bits per heavy atom. The molecule has 0 spiro atoms. The minimum atomic E-state index is -0.486. The van der Waals surface area contributed by atoms with Gasteiger partial charge in [0.15, 0.2) is 0 Å². The average Bonchev–Trinajstić information content (AvgIpc) is 3.24. The van der Waals surface area contributed by atoms with Gasteiger partial charge in [-0.3, -0.25) is 14.5 Å². The number of piperidine rings is 2. The molecule has 0 aliphatic carbocycles. The van der Waals surface area contributed by atoms with Crippen molar-refractivity contribution in [3.05, 3.63) is 36.0 Å². The van der Waals surface area contributed by atoms with Crippen molar-refractivity contribution in [1.82, 2.24) is 14.8 Å². The summed E-state index contributed by atoms with van der Waals surface area (Å²) in [5.41, 5.74) is 7.67. The van der Waals surface area contributed by atoms with Gasteiger partial charge in [0.1, 0.15) is 0 Å². The fraction of sp³-hybridized carbons (Fsp3) is 0.600. The Bertz CT molecular complexity index is 934. The van der Waals surface area contributed by atoms with Gasteiger partial charge in [0.25, 0.3) is 0 Å². The Hall–Kier alpha value is -2.38. The van der Waals surface area contributed by atoms with Crippen molar-refractivity contribution in [2.75, 3.05) is 39.9 Å². The monoisotopic (exact) mass is 440 g/mol. The van der Waals surface area contributed by atoms with Gasteiger partial charge >= 0.3 is 0 Å². The van der Waals surface area contributed by atoms with Crippen LogP contribution in [0.15, 0.2) is 30.5 Å². The van der Waals surface area contributed by atoms with Crippen LogP contribution in [-0.4, -0.2) is 72.5 Å². The highest BCUT2D eigenvalue weighted by molar-refractivity contribution is 5.84. The largest absolute Gasteiger partial charge is 0.385 e. The predicted molar refractivity (Wildman–Crippen MR) is 125 cm³/mol. The van der Waals surface area contributed by atoms with E-state index >= 15 is 0 Å². The Morgan fingerprint density at radius 1 is 1.22 bits per heavy atom. The summed E-state index contributed by atoms with van der Waals surface area (Å²) in [6.45, 7) is 3.84. The van der Waals surface area contributed by atoms with E-state index in [0.717, 1.165) is 57.3 Å². The third-order valence-corrected chi connectivity index (χ3v) is 7.53. The molecule has 3 heterocycles. The molecule has 2 aliphatic heterocycles. The Labute approximate surface area is 190 Å². The molecule has 2 saturated heterocycles. The molecule has 1 aromatic heterocycles. The maximum absolute atomic E-state index is 12.9. The summed E-state index contributed by atoms with van der Waals surface area (Å²) in [4.78, 5) is 32.9. The van der Waals surface area contributed by atoms with Gasteiger partial charge in [-0.25, -0.2) is 0 Å². The van der Waals surface area contributed by atoms with Crippen molar-refractivity contribution in [2.45, 2.75) is 51.0 Å². The number of likely N-dealkylation sites (tertiary alicyclic amines) is 2. The topological polar surface area (TPSA) is 91.7 Å². The van der Waals surface area contributed by atoms with Crippen LogP contribution >= 0.6 is 0 Å². The van der Waals surface area contributed by atoms with Gasteiger partial charge < -0.3 is 20.4 Å². The van der Waals surface area contributed by atoms with Gasteiger partial charge in [-0.05, 0) is 56.7 Å². The van der Waals surface area contributed by atoms with Crippen LogP contribution in [0.25, 0.3) is 10.9 Å². The molecule has 3 N–H and O–H groups in total. The van der Waals surface area contributed by atoms with Crippen LogP contribution in [0.5, 0.6) is 0 Å². The van der Waals surface area contributed by atoms with Gasteiger partial charge in [0.05, 0.1) is 5.41 Å². The molecule has 0 saturated carbocycles. The summed E-state index contributed by atoms with van der Waals surface area (Å²) < 4.78 is 5.24. The minimum absolute atomic E-state index is 0.204. The molecule has 0 radical (unpaired) electrons. The number of methoxy groups -OCH3 is 1. The van der Waals surface area contributed by atoms with Crippen molar-refractivity contribution in [3.63, 3.8) is 0 Å². The maximum atomic E-state index is 12.9. The van der Waals surface area contributed by atoms with Crippen molar-refractivity contribution in [3.8, 4) is 0 Å². The number of aromatic amines is 1. The van der Waals surface area contributed by atoms with Crippen LogP contribution in [0.3, 0.4) is 0 Å². The SMILES string of the molecule is COCC[C@]1(C(N)=O)CCCN(C2CCN(C(=O)CCc3c[nH]c4ccccc34)CC2)C1. The van der Waals surface area contributed by atoms with Gasteiger partial charge in [-0.2, -0.15) is 0 Å². The number of nitrogens with one attached hydrogen (secondary N) is 1. The highest BCUT2D eigenvalue weighted by Gasteiger charge is 2.42. The van der Waals surface area contributed by atoms with E-state index in [-0.39, 0.29) is 11.8 Å². The molecule has 0 unspecified atom stereocenters. The molecule has 174 valence electrons. The molecule has 32 heavy (non-hydrogen) atoms. The fourth-order valence-corrected chi connectivity index (χ4v) is 5.52. The van der Waals surface area contributed by atoms with Crippen molar-refractivity contribution in [1.29, 1.82) is 0 Å². The zero-order chi connectivity index (χ0) is 22.6.